The molecule has 0 saturated carbocycles. The summed E-state index contributed by atoms with van der Waals surface area (Å²) in [6.45, 7) is 1.24. The van der Waals surface area contributed by atoms with Crippen LogP contribution in [0.25, 0.3) is 0 Å². The van der Waals surface area contributed by atoms with E-state index in [9.17, 15) is 9.18 Å². The van der Waals surface area contributed by atoms with Gasteiger partial charge in [0.1, 0.15) is 5.82 Å². The summed E-state index contributed by atoms with van der Waals surface area (Å²) in [5, 5.41) is 5.11. The molecule has 94 valence electrons. The van der Waals surface area contributed by atoms with Gasteiger partial charge in [0.15, 0.2) is 0 Å². The van der Waals surface area contributed by atoms with Crippen LogP contribution in [0.2, 0.25) is 0 Å². The van der Waals surface area contributed by atoms with Crippen molar-refractivity contribution < 1.29 is 9.18 Å². The first-order valence-corrected chi connectivity index (χ1v) is 5.73. The van der Waals surface area contributed by atoms with Crippen molar-refractivity contribution in [3.8, 4) is 0 Å². The number of hydrogen-bond acceptors (Lipinski definition) is 2. The standard InChI is InChI=1S/C12H18FN3O/c13-10-6-2-3-7-11(10)16-12(17)15-9-5-1-4-8-14/h2-3,6-7H,1,4-5,8-9,14H2,(H2,15,16,17). The van der Waals surface area contributed by atoms with Gasteiger partial charge >= 0.3 is 6.03 Å². The number of nitrogens with two attached hydrogens (primary N) is 1. The van der Waals surface area contributed by atoms with Gasteiger partial charge in [0, 0.05) is 6.54 Å². The molecule has 4 nitrogen and oxygen atoms in total. The molecule has 0 heterocycles. The molecule has 2 amide bonds. The topological polar surface area (TPSA) is 67.1 Å². The molecule has 0 aliphatic rings. The molecule has 0 bridgehead atoms. The number of para-hydroxylation sites is 1. The first-order valence-electron chi connectivity index (χ1n) is 5.73. The maximum absolute atomic E-state index is 13.2. The van der Waals surface area contributed by atoms with E-state index in [2.05, 4.69) is 10.6 Å². The maximum Gasteiger partial charge on any atom is 0.319 e. The van der Waals surface area contributed by atoms with Crippen molar-refractivity contribution in [1.82, 2.24) is 5.32 Å². The zero-order chi connectivity index (χ0) is 12.5. The van der Waals surface area contributed by atoms with Crippen LogP contribution in [0.15, 0.2) is 24.3 Å². The van der Waals surface area contributed by atoms with Gasteiger partial charge in [-0.3, -0.25) is 0 Å². The van der Waals surface area contributed by atoms with Crippen LogP contribution in [0.4, 0.5) is 14.9 Å². The predicted molar refractivity (Wildman–Crippen MR) is 66.3 cm³/mol. The van der Waals surface area contributed by atoms with Crippen molar-refractivity contribution >= 4 is 11.7 Å². The van der Waals surface area contributed by atoms with Crippen LogP contribution in [0.3, 0.4) is 0 Å². The summed E-state index contributed by atoms with van der Waals surface area (Å²) >= 11 is 0. The van der Waals surface area contributed by atoms with Gasteiger partial charge in [0.25, 0.3) is 0 Å². The van der Waals surface area contributed by atoms with Gasteiger partial charge in [0.2, 0.25) is 0 Å². The Hall–Kier alpha value is -1.62. The van der Waals surface area contributed by atoms with Crippen molar-refractivity contribution in [2.24, 2.45) is 5.73 Å². The zero-order valence-electron chi connectivity index (χ0n) is 9.71. The van der Waals surface area contributed by atoms with E-state index < -0.39 is 5.82 Å². The van der Waals surface area contributed by atoms with E-state index in [-0.39, 0.29) is 11.7 Å². The normalized spacial score (nSPS) is 10.0. The van der Waals surface area contributed by atoms with Crippen molar-refractivity contribution in [3.05, 3.63) is 30.1 Å². The third-order valence-corrected chi connectivity index (χ3v) is 2.29. The van der Waals surface area contributed by atoms with Gasteiger partial charge in [-0.2, -0.15) is 0 Å². The van der Waals surface area contributed by atoms with E-state index >= 15 is 0 Å². The fourth-order valence-corrected chi connectivity index (χ4v) is 1.38. The third-order valence-electron chi connectivity index (χ3n) is 2.29. The van der Waals surface area contributed by atoms with E-state index in [0.717, 1.165) is 19.3 Å². The lowest BCUT2D eigenvalue weighted by molar-refractivity contribution is 0.252. The number of unbranched alkanes of at least 4 members (excludes halogenated alkanes) is 2. The Labute approximate surface area is 100 Å². The Morgan fingerprint density at radius 3 is 2.71 bits per heavy atom. The molecule has 5 heteroatoms. The van der Waals surface area contributed by atoms with Crippen LogP contribution in [0.5, 0.6) is 0 Å². The molecule has 1 rings (SSSR count). The minimum Gasteiger partial charge on any atom is -0.338 e. The number of nitrogens with one attached hydrogen (secondary N) is 2. The summed E-state index contributed by atoms with van der Waals surface area (Å²) in [5.74, 6) is -0.439. The Bertz CT molecular complexity index is 357. The van der Waals surface area contributed by atoms with Crippen molar-refractivity contribution in [3.63, 3.8) is 0 Å². The second-order valence-electron chi connectivity index (χ2n) is 3.71. The molecular weight excluding hydrogens is 221 g/mol. The molecule has 4 N–H and O–H groups in total. The van der Waals surface area contributed by atoms with E-state index in [1.54, 1.807) is 12.1 Å². The first kappa shape index (κ1) is 13.4. The highest BCUT2D eigenvalue weighted by molar-refractivity contribution is 5.89. The number of rotatable bonds is 6. The SMILES string of the molecule is NCCCCCNC(=O)Nc1ccccc1F. The quantitative estimate of drug-likeness (QED) is 0.665. The van der Waals surface area contributed by atoms with Crippen molar-refractivity contribution in [1.29, 1.82) is 0 Å². The fourth-order valence-electron chi connectivity index (χ4n) is 1.38. The molecule has 0 spiro atoms. The van der Waals surface area contributed by atoms with E-state index in [1.165, 1.54) is 12.1 Å². The van der Waals surface area contributed by atoms with E-state index in [4.69, 9.17) is 5.73 Å². The Morgan fingerprint density at radius 2 is 2.00 bits per heavy atom. The van der Waals surface area contributed by atoms with Gasteiger partial charge in [-0.15, -0.1) is 0 Å². The van der Waals surface area contributed by atoms with Crippen molar-refractivity contribution in [2.45, 2.75) is 19.3 Å². The lowest BCUT2D eigenvalue weighted by atomic mass is 10.2. The van der Waals surface area contributed by atoms with E-state index in [0.29, 0.717) is 13.1 Å². The number of carbonyl (C=O) groups excluding carboxylic acids is 1. The van der Waals surface area contributed by atoms with Gasteiger partial charge in [-0.1, -0.05) is 18.6 Å². The molecule has 0 saturated heterocycles. The fraction of sp³-hybridized carbons (Fsp3) is 0.417. The smallest absolute Gasteiger partial charge is 0.319 e. The molecule has 1 aromatic rings. The van der Waals surface area contributed by atoms with Gasteiger partial charge < -0.3 is 16.4 Å². The predicted octanol–water partition coefficient (Wildman–Crippen LogP) is 2.08. The van der Waals surface area contributed by atoms with Crippen LogP contribution < -0.4 is 16.4 Å². The first-order chi connectivity index (χ1) is 8.24. The highest BCUT2D eigenvalue weighted by atomic mass is 19.1. The number of urea groups is 1. The van der Waals surface area contributed by atoms with Gasteiger partial charge in [0.05, 0.1) is 5.69 Å². The Balaban J connectivity index is 2.23. The van der Waals surface area contributed by atoms with Crippen LogP contribution in [-0.2, 0) is 0 Å². The molecule has 17 heavy (non-hydrogen) atoms. The van der Waals surface area contributed by atoms with Crippen LogP contribution in [-0.4, -0.2) is 19.1 Å². The lowest BCUT2D eigenvalue weighted by Crippen LogP contribution is -2.29. The second kappa shape index (κ2) is 7.62. The summed E-state index contributed by atoms with van der Waals surface area (Å²) in [6.07, 6.45) is 2.81. The number of anilines is 1. The summed E-state index contributed by atoms with van der Waals surface area (Å²) in [7, 11) is 0. The second-order valence-corrected chi connectivity index (χ2v) is 3.71. The van der Waals surface area contributed by atoms with E-state index in [1.807, 2.05) is 0 Å². The third kappa shape index (κ3) is 5.31. The minimum atomic E-state index is -0.439. The Kier molecular flexibility index (Phi) is 6.03. The number of amides is 2. The number of carbonyl (C=O) groups is 1. The number of benzene rings is 1. The van der Waals surface area contributed by atoms with Crippen LogP contribution >= 0.6 is 0 Å². The largest absolute Gasteiger partial charge is 0.338 e. The summed E-state index contributed by atoms with van der Waals surface area (Å²) < 4.78 is 13.2. The average Bonchev–Trinajstić information content (AvgIpc) is 2.32. The molecule has 0 atom stereocenters. The van der Waals surface area contributed by atoms with Gasteiger partial charge in [-0.25, -0.2) is 9.18 Å². The van der Waals surface area contributed by atoms with Gasteiger partial charge in [-0.05, 0) is 31.5 Å². The number of halogens is 1. The molecule has 0 radical (unpaired) electrons. The average molecular weight is 239 g/mol. The molecule has 0 unspecified atom stereocenters. The highest BCUT2D eigenvalue weighted by Crippen LogP contribution is 2.11. The number of hydrogen-bond donors (Lipinski definition) is 3. The summed E-state index contributed by atoms with van der Waals surface area (Å²) in [4.78, 5) is 11.4. The summed E-state index contributed by atoms with van der Waals surface area (Å²) in [6, 6.07) is 5.67. The lowest BCUT2D eigenvalue weighted by Gasteiger charge is -2.07. The van der Waals surface area contributed by atoms with Crippen molar-refractivity contribution in [2.75, 3.05) is 18.4 Å². The highest BCUT2D eigenvalue weighted by Gasteiger charge is 2.04. The van der Waals surface area contributed by atoms with Crippen LogP contribution in [0.1, 0.15) is 19.3 Å². The summed E-state index contributed by atoms with van der Waals surface area (Å²) in [5.41, 5.74) is 5.54. The molecule has 0 fully saturated rings. The monoisotopic (exact) mass is 239 g/mol. The maximum atomic E-state index is 13.2. The zero-order valence-corrected chi connectivity index (χ0v) is 9.71. The van der Waals surface area contributed by atoms with Crippen LogP contribution in [0, 0.1) is 5.82 Å². The molecular formula is C12H18FN3O. The molecule has 0 aromatic heterocycles. The molecule has 0 aliphatic heterocycles. The Morgan fingerprint density at radius 1 is 1.24 bits per heavy atom. The molecule has 1 aromatic carbocycles. The molecule has 0 aliphatic carbocycles. The minimum absolute atomic E-state index is 0.187.